The maximum atomic E-state index is 14.2. The second-order valence-electron chi connectivity index (χ2n) is 9.91. The second-order valence-corrected chi connectivity index (χ2v) is 12.4. The van der Waals surface area contributed by atoms with Crippen molar-refractivity contribution in [2.45, 2.75) is 19.9 Å². The largest absolute Gasteiger partial charge is 0.287 e. The van der Waals surface area contributed by atoms with Crippen molar-refractivity contribution in [2.24, 2.45) is 0 Å². The van der Waals surface area contributed by atoms with Crippen LogP contribution in [0.1, 0.15) is 19.9 Å². The van der Waals surface area contributed by atoms with Crippen LogP contribution >= 0.6 is 55.1 Å². The molecule has 4 aromatic carbocycles. The number of rotatable bonds is 3. The summed E-state index contributed by atoms with van der Waals surface area (Å²) in [4.78, 5) is 25.2. The molecule has 0 unspecified atom stereocenters. The fourth-order valence-electron chi connectivity index (χ4n) is 4.54. The Labute approximate surface area is 278 Å². The molecule has 2 aromatic heterocycles. The Bertz CT molecular complexity index is 2220. The number of fused-ring (bicyclic) bond motifs is 2. The summed E-state index contributed by atoms with van der Waals surface area (Å²) in [5, 5.41) is 11.1. The topological polar surface area (TPSA) is 80.6 Å². The van der Waals surface area contributed by atoms with Crippen LogP contribution < -0.4 is 10.9 Å². The summed E-state index contributed by atoms with van der Waals surface area (Å²) in [5.74, 6) is -2.49. The van der Waals surface area contributed by atoms with Gasteiger partial charge in [-0.3, -0.25) is 19.4 Å². The van der Waals surface area contributed by atoms with E-state index in [1.807, 2.05) is 13.8 Å². The summed E-state index contributed by atoms with van der Waals surface area (Å²) >= 11 is 18.1. The van der Waals surface area contributed by atoms with Crippen LogP contribution in [0.25, 0.3) is 44.3 Å². The van der Waals surface area contributed by atoms with Crippen LogP contribution in [-0.4, -0.2) is 20.0 Å². The van der Waals surface area contributed by atoms with Gasteiger partial charge >= 0.3 is 0 Å². The Kier molecular flexibility index (Phi) is 9.50. The van der Waals surface area contributed by atoms with Crippen molar-refractivity contribution in [1.82, 2.24) is 20.0 Å². The number of nitrogens with zero attached hydrogens (tertiary/aromatic N) is 3. The molecular weight excluding hydrogens is 767 g/mol. The van der Waals surface area contributed by atoms with Crippen LogP contribution in [0, 0.1) is 23.3 Å². The molecule has 6 rings (SSSR count). The number of benzene rings is 4. The van der Waals surface area contributed by atoms with E-state index in [1.54, 1.807) is 4.68 Å². The van der Waals surface area contributed by atoms with Crippen molar-refractivity contribution in [3.63, 3.8) is 0 Å². The molecule has 0 atom stereocenters. The lowest BCUT2D eigenvalue weighted by atomic mass is 10.1. The zero-order valence-electron chi connectivity index (χ0n) is 23.0. The molecule has 0 aliphatic heterocycles. The Morgan fingerprint density at radius 3 is 1.80 bits per heavy atom. The van der Waals surface area contributed by atoms with Gasteiger partial charge in [0.25, 0.3) is 0 Å². The van der Waals surface area contributed by atoms with E-state index in [9.17, 15) is 27.2 Å². The van der Waals surface area contributed by atoms with E-state index in [1.165, 1.54) is 48.5 Å². The zero-order chi connectivity index (χ0) is 32.7. The van der Waals surface area contributed by atoms with Gasteiger partial charge in [-0.15, -0.1) is 0 Å². The third kappa shape index (κ3) is 6.29. The van der Waals surface area contributed by atoms with Crippen LogP contribution in [0.4, 0.5) is 17.6 Å². The van der Waals surface area contributed by atoms with E-state index in [-0.39, 0.29) is 58.3 Å². The van der Waals surface area contributed by atoms with Crippen molar-refractivity contribution in [3.8, 4) is 22.5 Å². The molecule has 14 heteroatoms. The predicted molar refractivity (Wildman–Crippen MR) is 175 cm³/mol. The molecule has 0 aliphatic carbocycles. The number of H-pyrrole nitrogens is 1. The molecule has 2 heterocycles. The molecule has 0 saturated carbocycles. The predicted octanol–water partition coefficient (Wildman–Crippen LogP) is 9.62. The Hall–Kier alpha value is -3.58. The van der Waals surface area contributed by atoms with Crippen molar-refractivity contribution >= 4 is 76.9 Å². The number of hydrogen-bond acceptors (Lipinski definition) is 4. The molecule has 6 aromatic rings. The molecular formula is C31H18Br2Cl2F4N4O2. The maximum Gasteiger partial charge on any atom is 0.216 e. The SMILES string of the molecule is CC(C)n1nc(-c2c(F)cccc2Cl)c(=O)c2cc(F)c(Br)cc21.O=c1c(-c2c(F)cccc2Cl)n[nH]c2cc(Br)c(F)cc12. The normalized spacial score (nSPS) is 11.3. The minimum Gasteiger partial charge on any atom is -0.287 e. The lowest BCUT2D eigenvalue weighted by Gasteiger charge is -2.16. The quantitative estimate of drug-likeness (QED) is 0.181. The van der Waals surface area contributed by atoms with E-state index in [2.05, 4.69) is 47.2 Å². The number of aromatic nitrogens is 4. The van der Waals surface area contributed by atoms with Crippen molar-refractivity contribution in [2.75, 3.05) is 0 Å². The summed E-state index contributed by atoms with van der Waals surface area (Å²) in [6.07, 6.45) is 0. The standard InChI is InChI=1S/C17H12BrClF2N2O.C14H6BrClF2N2O/c1-8(2)23-14-7-10(18)13(21)6-9(14)17(24)16(22-23)15-11(19)4-3-5-12(15)20;15-7-5-11-6(4-10(7)18)14(21)13(20-19-11)12-8(16)2-1-3-9(12)17/h3-8H,1-2H3;1-5H,(H,19,21). The summed E-state index contributed by atoms with van der Waals surface area (Å²) in [6.45, 7) is 3.72. The van der Waals surface area contributed by atoms with Crippen LogP contribution in [0.5, 0.6) is 0 Å². The number of hydrogen-bond donors (Lipinski definition) is 1. The molecule has 0 fully saturated rings. The smallest absolute Gasteiger partial charge is 0.216 e. The van der Waals surface area contributed by atoms with Gasteiger partial charge in [-0.05, 0) is 94.2 Å². The van der Waals surface area contributed by atoms with Crippen LogP contribution in [0.3, 0.4) is 0 Å². The number of nitrogens with one attached hydrogen (secondary N) is 1. The van der Waals surface area contributed by atoms with Crippen LogP contribution in [0.15, 0.2) is 79.2 Å². The summed E-state index contributed by atoms with van der Waals surface area (Å²) in [7, 11) is 0. The highest BCUT2D eigenvalue weighted by atomic mass is 79.9. The van der Waals surface area contributed by atoms with Crippen molar-refractivity contribution in [3.05, 3.63) is 123 Å². The molecule has 6 nitrogen and oxygen atoms in total. The Morgan fingerprint density at radius 1 is 0.733 bits per heavy atom. The summed E-state index contributed by atoms with van der Waals surface area (Å²) < 4.78 is 57.7. The fourth-order valence-corrected chi connectivity index (χ4v) is 5.72. The average molecular weight is 785 g/mol. The van der Waals surface area contributed by atoms with E-state index >= 15 is 0 Å². The van der Waals surface area contributed by atoms with E-state index in [0.717, 1.165) is 12.1 Å². The van der Waals surface area contributed by atoms with Gasteiger partial charge in [-0.2, -0.15) is 10.2 Å². The van der Waals surface area contributed by atoms with Crippen molar-refractivity contribution < 1.29 is 17.6 Å². The van der Waals surface area contributed by atoms with Gasteiger partial charge in [0.15, 0.2) is 0 Å². The Morgan fingerprint density at radius 2 is 1.24 bits per heavy atom. The van der Waals surface area contributed by atoms with Gasteiger partial charge in [0.05, 0.1) is 51.9 Å². The van der Waals surface area contributed by atoms with Gasteiger partial charge in [-0.25, -0.2) is 17.6 Å². The van der Waals surface area contributed by atoms with E-state index < -0.39 is 34.1 Å². The Balaban J connectivity index is 0.000000179. The lowest BCUT2D eigenvalue weighted by Crippen LogP contribution is -2.19. The molecule has 0 aliphatic rings. The first-order chi connectivity index (χ1) is 21.3. The third-order valence-electron chi connectivity index (χ3n) is 6.65. The van der Waals surface area contributed by atoms with Crippen molar-refractivity contribution in [1.29, 1.82) is 0 Å². The first-order valence-electron chi connectivity index (χ1n) is 13.0. The molecule has 0 saturated heterocycles. The highest BCUT2D eigenvalue weighted by molar-refractivity contribution is 9.10. The molecule has 1 N–H and O–H groups in total. The average Bonchev–Trinajstić information content (AvgIpc) is 2.97. The highest BCUT2D eigenvalue weighted by Gasteiger charge is 2.21. The minimum absolute atomic E-state index is 0.0601. The first-order valence-corrected chi connectivity index (χ1v) is 15.3. The molecule has 0 radical (unpaired) electrons. The van der Waals surface area contributed by atoms with Gasteiger partial charge in [0.2, 0.25) is 10.9 Å². The molecule has 0 bridgehead atoms. The first kappa shape index (κ1) is 32.8. The zero-order valence-corrected chi connectivity index (χ0v) is 27.7. The van der Waals surface area contributed by atoms with Crippen LogP contribution in [0.2, 0.25) is 10.0 Å². The summed E-state index contributed by atoms with van der Waals surface area (Å²) in [5.41, 5.74) is -0.880. The monoisotopic (exact) mass is 782 g/mol. The van der Waals surface area contributed by atoms with Gasteiger partial charge < -0.3 is 0 Å². The summed E-state index contributed by atoms with van der Waals surface area (Å²) in [6, 6.07) is 13.1. The van der Waals surface area contributed by atoms with Gasteiger partial charge in [0, 0.05) is 6.04 Å². The van der Waals surface area contributed by atoms with Gasteiger partial charge in [0.1, 0.15) is 34.7 Å². The van der Waals surface area contributed by atoms with E-state index in [4.69, 9.17) is 23.2 Å². The van der Waals surface area contributed by atoms with E-state index in [0.29, 0.717) is 11.0 Å². The lowest BCUT2D eigenvalue weighted by molar-refractivity contribution is 0.541. The fraction of sp³-hybridized carbons (Fsp3) is 0.0968. The third-order valence-corrected chi connectivity index (χ3v) is 8.49. The number of aromatic amines is 1. The minimum atomic E-state index is -0.669. The molecule has 45 heavy (non-hydrogen) atoms. The molecule has 0 spiro atoms. The molecule has 230 valence electrons. The molecule has 0 amide bonds. The maximum absolute atomic E-state index is 14.2. The van der Waals surface area contributed by atoms with Gasteiger partial charge in [-0.1, -0.05) is 35.3 Å². The van der Waals surface area contributed by atoms with Crippen LogP contribution in [-0.2, 0) is 0 Å². The highest BCUT2D eigenvalue weighted by Crippen LogP contribution is 2.31. The number of halogens is 8. The second kappa shape index (κ2) is 13.0.